The molecule has 8 nitrogen and oxygen atoms in total. The van der Waals surface area contributed by atoms with Gasteiger partial charge in [-0.1, -0.05) is 28.9 Å². The van der Waals surface area contributed by atoms with Gasteiger partial charge in [0.15, 0.2) is 22.5 Å². The van der Waals surface area contributed by atoms with Gasteiger partial charge < -0.3 is 14.4 Å². The number of hydrogen-bond donors (Lipinski definition) is 0. The first-order chi connectivity index (χ1) is 14.7. The lowest BCUT2D eigenvalue weighted by atomic mass is 10.0. The van der Waals surface area contributed by atoms with Crippen molar-refractivity contribution < 1.29 is 9.47 Å². The monoisotopic (exact) mass is 424 g/mol. The van der Waals surface area contributed by atoms with Crippen molar-refractivity contribution in [3.05, 3.63) is 41.6 Å². The van der Waals surface area contributed by atoms with E-state index >= 15 is 0 Å². The van der Waals surface area contributed by atoms with E-state index < -0.39 is 0 Å². The zero-order valence-electron chi connectivity index (χ0n) is 16.7. The molecule has 0 bridgehead atoms. The van der Waals surface area contributed by atoms with E-state index in [0.29, 0.717) is 22.7 Å². The van der Waals surface area contributed by atoms with Crippen molar-refractivity contribution in [3.8, 4) is 11.5 Å². The van der Waals surface area contributed by atoms with Crippen molar-refractivity contribution in [1.82, 2.24) is 25.2 Å². The second kappa shape index (κ2) is 7.60. The van der Waals surface area contributed by atoms with E-state index in [-0.39, 0.29) is 0 Å². The lowest BCUT2D eigenvalue weighted by Gasteiger charge is -2.33. The Bertz CT molecular complexity index is 1220. The topological polar surface area (TPSA) is 78.2 Å². The number of aromatic nitrogens is 5. The molecule has 1 aliphatic heterocycles. The molecule has 4 aromatic rings. The maximum Gasteiger partial charge on any atom is 0.161 e. The molecule has 2 aromatic carbocycles. The number of ether oxygens (including phenoxy) is 2. The molecule has 3 heterocycles. The van der Waals surface area contributed by atoms with E-state index in [1.54, 1.807) is 14.2 Å². The molecule has 1 aliphatic rings. The minimum Gasteiger partial charge on any atom is -0.493 e. The Balaban J connectivity index is 1.45. The van der Waals surface area contributed by atoms with E-state index in [1.807, 2.05) is 35.0 Å². The van der Waals surface area contributed by atoms with Crippen LogP contribution in [0.3, 0.4) is 0 Å². The predicted molar refractivity (Wildman–Crippen MR) is 116 cm³/mol. The van der Waals surface area contributed by atoms with Crippen LogP contribution in [-0.4, -0.2) is 52.5 Å². The number of benzene rings is 2. The smallest absolute Gasteiger partial charge is 0.161 e. The quantitative estimate of drug-likeness (QED) is 0.491. The van der Waals surface area contributed by atoms with E-state index in [1.165, 1.54) is 0 Å². The second-order valence-corrected chi connectivity index (χ2v) is 7.67. The summed E-state index contributed by atoms with van der Waals surface area (Å²) in [7, 11) is 3.22. The maximum absolute atomic E-state index is 6.33. The first kappa shape index (κ1) is 18.9. The van der Waals surface area contributed by atoms with Gasteiger partial charge in [-0.25, -0.2) is 4.68 Å². The van der Waals surface area contributed by atoms with Gasteiger partial charge >= 0.3 is 0 Å². The van der Waals surface area contributed by atoms with Crippen molar-refractivity contribution in [1.29, 1.82) is 0 Å². The third-order valence-electron chi connectivity index (χ3n) is 5.71. The summed E-state index contributed by atoms with van der Waals surface area (Å²) in [4.78, 5) is 2.24. The van der Waals surface area contributed by atoms with E-state index in [0.717, 1.165) is 53.6 Å². The molecule has 0 amide bonds. The van der Waals surface area contributed by atoms with Crippen molar-refractivity contribution in [2.75, 3.05) is 32.2 Å². The van der Waals surface area contributed by atoms with Gasteiger partial charge in [-0.3, -0.25) is 0 Å². The van der Waals surface area contributed by atoms with Crippen LogP contribution in [-0.2, 0) is 0 Å². The molecule has 1 saturated heterocycles. The van der Waals surface area contributed by atoms with Crippen molar-refractivity contribution in [2.45, 2.75) is 18.9 Å². The van der Waals surface area contributed by atoms with Crippen molar-refractivity contribution in [2.24, 2.45) is 0 Å². The number of piperidine rings is 1. The highest BCUT2D eigenvalue weighted by Gasteiger charge is 2.26. The SMILES string of the molecule is COc1cc2c(Cl)nnc(N3CCC(n4nnc5ccccc54)CC3)c2cc1OC. The third-order valence-corrected chi connectivity index (χ3v) is 5.99. The number of nitrogens with zero attached hydrogens (tertiary/aromatic N) is 6. The van der Waals surface area contributed by atoms with Crippen LogP contribution in [0.2, 0.25) is 5.15 Å². The number of hydrogen-bond acceptors (Lipinski definition) is 7. The molecule has 0 spiro atoms. The fourth-order valence-electron chi connectivity index (χ4n) is 4.15. The summed E-state index contributed by atoms with van der Waals surface area (Å²) in [6.45, 7) is 1.66. The molecule has 30 heavy (non-hydrogen) atoms. The fourth-order valence-corrected chi connectivity index (χ4v) is 4.34. The van der Waals surface area contributed by atoms with Crippen LogP contribution < -0.4 is 14.4 Å². The molecule has 2 aromatic heterocycles. The van der Waals surface area contributed by atoms with Crippen LogP contribution in [0.4, 0.5) is 5.82 Å². The summed E-state index contributed by atoms with van der Waals surface area (Å²) in [6, 6.07) is 12.1. The Morgan fingerprint density at radius 1 is 0.933 bits per heavy atom. The average Bonchev–Trinajstić information content (AvgIpc) is 3.23. The summed E-state index contributed by atoms with van der Waals surface area (Å²) in [5, 5.41) is 19.3. The van der Waals surface area contributed by atoms with Gasteiger partial charge in [0, 0.05) is 23.9 Å². The second-order valence-electron chi connectivity index (χ2n) is 7.31. The van der Waals surface area contributed by atoms with Gasteiger partial charge in [-0.2, -0.15) is 0 Å². The summed E-state index contributed by atoms with van der Waals surface area (Å²) < 4.78 is 12.9. The highest BCUT2D eigenvalue weighted by molar-refractivity contribution is 6.34. The van der Waals surface area contributed by atoms with Crippen molar-refractivity contribution in [3.63, 3.8) is 0 Å². The molecule has 5 rings (SSSR count). The van der Waals surface area contributed by atoms with Crippen LogP contribution in [0.15, 0.2) is 36.4 Å². The van der Waals surface area contributed by atoms with Gasteiger partial charge in [0.05, 0.1) is 25.8 Å². The Labute approximate surface area is 178 Å². The third kappa shape index (κ3) is 3.08. The lowest BCUT2D eigenvalue weighted by Crippen LogP contribution is -2.35. The van der Waals surface area contributed by atoms with Crippen molar-refractivity contribution >= 4 is 39.2 Å². The first-order valence-electron chi connectivity index (χ1n) is 9.82. The number of methoxy groups -OCH3 is 2. The molecular formula is C21H21ClN6O2. The van der Waals surface area contributed by atoms with Gasteiger partial charge in [0.1, 0.15) is 5.52 Å². The standard InChI is InChI=1S/C21H21ClN6O2/c1-29-18-11-14-15(12-19(18)30-2)21(25-24-20(14)22)27-9-7-13(8-10-27)28-17-6-4-3-5-16(17)23-26-28/h3-6,11-13H,7-10H2,1-2H3. The molecule has 0 saturated carbocycles. The Morgan fingerprint density at radius 2 is 1.63 bits per heavy atom. The number of rotatable bonds is 4. The Morgan fingerprint density at radius 3 is 2.37 bits per heavy atom. The highest BCUT2D eigenvalue weighted by atomic mass is 35.5. The summed E-state index contributed by atoms with van der Waals surface area (Å²) >= 11 is 6.33. The van der Waals surface area contributed by atoms with Gasteiger partial charge in [-0.15, -0.1) is 15.3 Å². The van der Waals surface area contributed by atoms with Gasteiger partial charge in [0.25, 0.3) is 0 Å². The average molecular weight is 425 g/mol. The van der Waals surface area contributed by atoms with Gasteiger partial charge in [0.2, 0.25) is 0 Å². The first-order valence-corrected chi connectivity index (χ1v) is 10.2. The van der Waals surface area contributed by atoms with E-state index in [9.17, 15) is 0 Å². The molecular weight excluding hydrogens is 404 g/mol. The zero-order chi connectivity index (χ0) is 20.7. The molecule has 0 atom stereocenters. The number of fused-ring (bicyclic) bond motifs is 2. The van der Waals surface area contributed by atoms with Crippen LogP contribution in [0.1, 0.15) is 18.9 Å². The van der Waals surface area contributed by atoms with Crippen LogP contribution in [0.25, 0.3) is 21.8 Å². The number of para-hydroxylation sites is 1. The molecule has 0 unspecified atom stereocenters. The predicted octanol–water partition coefficient (Wildman–Crippen LogP) is 3.89. The summed E-state index contributed by atoms with van der Waals surface area (Å²) in [6.07, 6.45) is 1.87. The minimum atomic E-state index is 0.301. The summed E-state index contributed by atoms with van der Waals surface area (Å²) in [5.41, 5.74) is 2.00. The molecule has 0 N–H and O–H groups in total. The molecule has 154 valence electrons. The van der Waals surface area contributed by atoms with E-state index in [4.69, 9.17) is 21.1 Å². The zero-order valence-corrected chi connectivity index (χ0v) is 17.5. The maximum atomic E-state index is 6.33. The van der Waals surface area contributed by atoms with E-state index in [2.05, 4.69) is 31.5 Å². The molecule has 0 aliphatic carbocycles. The Kier molecular flexibility index (Phi) is 4.78. The lowest BCUT2D eigenvalue weighted by molar-refractivity contribution is 0.355. The highest BCUT2D eigenvalue weighted by Crippen LogP contribution is 2.39. The molecule has 0 radical (unpaired) electrons. The number of anilines is 1. The van der Waals surface area contributed by atoms with Crippen LogP contribution in [0.5, 0.6) is 11.5 Å². The molecule has 1 fully saturated rings. The number of halogens is 1. The van der Waals surface area contributed by atoms with Crippen LogP contribution in [0, 0.1) is 0 Å². The Hall–Kier alpha value is -3.13. The normalized spacial score (nSPS) is 15.1. The summed E-state index contributed by atoms with van der Waals surface area (Å²) in [5.74, 6) is 2.05. The minimum absolute atomic E-state index is 0.301. The largest absolute Gasteiger partial charge is 0.493 e. The van der Waals surface area contributed by atoms with Gasteiger partial charge in [-0.05, 0) is 37.1 Å². The van der Waals surface area contributed by atoms with Crippen LogP contribution >= 0.6 is 11.6 Å². The fraction of sp³-hybridized carbons (Fsp3) is 0.333. The molecule has 9 heteroatoms.